The third-order valence-corrected chi connectivity index (χ3v) is 9.13. The minimum atomic E-state index is -1.13. The number of nitrogens with zero attached hydrogens (tertiary/aromatic N) is 2. The van der Waals surface area contributed by atoms with Crippen molar-refractivity contribution in [2.45, 2.75) is 70.4 Å². The van der Waals surface area contributed by atoms with Gasteiger partial charge in [0, 0.05) is 18.3 Å². The Morgan fingerprint density at radius 1 is 1.28 bits per heavy atom. The Bertz CT molecular complexity index is 806. The molecule has 1 aromatic heterocycles. The molecule has 4 nitrogen and oxygen atoms in total. The highest BCUT2D eigenvalue weighted by atomic mass is 19.1. The second kappa shape index (κ2) is 7.04. The van der Waals surface area contributed by atoms with Crippen LogP contribution in [0.5, 0.6) is 0 Å². The molecule has 0 bridgehead atoms. The molecule has 29 heavy (non-hydrogen) atoms. The summed E-state index contributed by atoms with van der Waals surface area (Å²) in [6.07, 6.45) is 15.2. The molecule has 1 N–H and O–H groups in total. The van der Waals surface area contributed by atoms with Crippen molar-refractivity contribution in [3.63, 3.8) is 0 Å². The van der Waals surface area contributed by atoms with Crippen molar-refractivity contribution in [2.75, 3.05) is 6.67 Å². The van der Waals surface area contributed by atoms with E-state index in [4.69, 9.17) is 0 Å². The lowest BCUT2D eigenvalue weighted by Crippen LogP contribution is -2.49. The van der Waals surface area contributed by atoms with E-state index in [9.17, 15) is 14.3 Å². The maximum atomic E-state index is 13.3. The molecule has 0 saturated heterocycles. The van der Waals surface area contributed by atoms with E-state index in [1.807, 2.05) is 10.8 Å². The number of rotatable bonds is 4. The van der Waals surface area contributed by atoms with E-state index in [1.165, 1.54) is 12.0 Å². The summed E-state index contributed by atoms with van der Waals surface area (Å²) in [6, 6.07) is 0. The first kappa shape index (κ1) is 19.5. The van der Waals surface area contributed by atoms with E-state index in [0.717, 1.165) is 32.1 Å². The third kappa shape index (κ3) is 3.11. The number of fused-ring (bicyclic) bond motifs is 5. The van der Waals surface area contributed by atoms with Gasteiger partial charge in [-0.3, -0.25) is 4.79 Å². The molecule has 4 aliphatic rings. The number of imidazole rings is 1. The maximum absolute atomic E-state index is 13.3. The van der Waals surface area contributed by atoms with Gasteiger partial charge in [-0.05, 0) is 80.5 Å². The lowest BCUT2D eigenvalue weighted by molar-refractivity contribution is -0.129. The first-order valence-corrected chi connectivity index (χ1v) is 11.4. The molecule has 0 aliphatic heterocycles. The van der Waals surface area contributed by atoms with Crippen molar-refractivity contribution in [3.05, 3.63) is 30.4 Å². The maximum Gasteiger partial charge on any atom is 0.156 e. The van der Waals surface area contributed by atoms with Crippen LogP contribution in [0.15, 0.2) is 30.4 Å². The standard InChI is InChI=1S/C24H33FN2O2/c1-23-8-6-18-17-7-9-24(29,14-25)12-16(17)2-3-19(18)20(23)4-5-21(23)22(28)13-27-11-10-26-15-27/h2,10-11,15,17-21,29H,3-9,12-14H2,1H3/t17?,18-,19-,20+,21-,23+,24-/m1/s1. The van der Waals surface area contributed by atoms with Crippen LogP contribution in [0.4, 0.5) is 4.39 Å². The largest absolute Gasteiger partial charge is 0.387 e. The van der Waals surface area contributed by atoms with Crippen LogP contribution < -0.4 is 0 Å². The molecule has 0 aromatic carbocycles. The molecule has 1 heterocycles. The normalized spacial score (nSPS) is 43.8. The van der Waals surface area contributed by atoms with E-state index in [2.05, 4.69) is 18.0 Å². The SMILES string of the molecule is C[C@]12CC[C@@H]3C4CC[C@](O)(CF)CC4=CC[C@H]3[C@@H]1CC[C@@H]2C(=O)Cn1ccnc1. The molecule has 4 aliphatic carbocycles. The molecule has 1 aromatic rings. The van der Waals surface area contributed by atoms with Gasteiger partial charge < -0.3 is 9.67 Å². The molecule has 3 fully saturated rings. The van der Waals surface area contributed by atoms with Gasteiger partial charge in [-0.2, -0.15) is 0 Å². The summed E-state index contributed by atoms with van der Waals surface area (Å²) in [7, 11) is 0. The Labute approximate surface area is 172 Å². The average molecular weight is 401 g/mol. The van der Waals surface area contributed by atoms with Crippen LogP contribution in [-0.2, 0) is 11.3 Å². The summed E-state index contributed by atoms with van der Waals surface area (Å²) in [4.78, 5) is 17.2. The molecule has 0 amide bonds. The second-order valence-electron chi connectivity index (χ2n) is 10.5. The minimum absolute atomic E-state index is 0.110. The lowest BCUT2D eigenvalue weighted by atomic mass is 9.51. The van der Waals surface area contributed by atoms with E-state index in [1.54, 1.807) is 12.5 Å². The quantitative estimate of drug-likeness (QED) is 0.765. The van der Waals surface area contributed by atoms with Gasteiger partial charge in [0.1, 0.15) is 6.67 Å². The second-order valence-corrected chi connectivity index (χ2v) is 10.5. The van der Waals surface area contributed by atoms with E-state index >= 15 is 0 Å². The van der Waals surface area contributed by atoms with Gasteiger partial charge in [0.2, 0.25) is 0 Å². The number of alkyl halides is 1. The number of hydrogen-bond donors (Lipinski definition) is 1. The van der Waals surface area contributed by atoms with Crippen LogP contribution in [0, 0.1) is 35.0 Å². The van der Waals surface area contributed by atoms with E-state index in [-0.39, 0.29) is 11.3 Å². The summed E-state index contributed by atoms with van der Waals surface area (Å²) < 4.78 is 15.2. The number of aliphatic hydroxyl groups is 1. The number of carbonyl (C=O) groups excluding carboxylic acids is 1. The number of ketones is 1. The first-order chi connectivity index (χ1) is 13.9. The van der Waals surface area contributed by atoms with Gasteiger partial charge in [0.15, 0.2) is 5.78 Å². The van der Waals surface area contributed by atoms with Crippen LogP contribution in [0.3, 0.4) is 0 Å². The van der Waals surface area contributed by atoms with Crippen LogP contribution >= 0.6 is 0 Å². The van der Waals surface area contributed by atoms with Gasteiger partial charge in [0.05, 0.1) is 18.5 Å². The number of hydrogen-bond acceptors (Lipinski definition) is 3. The number of Topliss-reactive ketones (excluding diaryl/α,β-unsaturated/α-hetero) is 1. The molecule has 0 radical (unpaired) electrons. The highest BCUT2D eigenvalue weighted by molar-refractivity contribution is 5.82. The Kier molecular flexibility index (Phi) is 4.73. The number of allylic oxidation sites excluding steroid dienone is 1. The van der Waals surface area contributed by atoms with Crippen molar-refractivity contribution in [1.82, 2.24) is 9.55 Å². The molecule has 7 atom stereocenters. The van der Waals surface area contributed by atoms with E-state index in [0.29, 0.717) is 48.8 Å². The summed E-state index contributed by atoms with van der Waals surface area (Å²) in [5.74, 6) is 2.95. The summed E-state index contributed by atoms with van der Waals surface area (Å²) in [5.41, 5.74) is 0.293. The molecule has 5 heteroatoms. The zero-order valence-electron chi connectivity index (χ0n) is 17.4. The summed E-state index contributed by atoms with van der Waals surface area (Å²) in [6.45, 7) is 2.18. The lowest BCUT2D eigenvalue weighted by Gasteiger charge is -2.54. The molecule has 158 valence electrons. The molecular formula is C24H33FN2O2. The van der Waals surface area contributed by atoms with Crippen molar-refractivity contribution in [2.24, 2.45) is 35.0 Å². The van der Waals surface area contributed by atoms with Gasteiger partial charge in [-0.25, -0.2) is 9.37 Å². The van der Waals surface area contributed by atoms with Crippen LogP contribution in [-0.4, -0.2) is 32.7 Å². The molecule has 5 rings (SSSR count). The van der Waals surface area contributed by atoms with Crippen molar-refractivity contribution in [1.29, 1.82) is 0 Å². The highest BCUT2D eigenvalue weighted by Gasteiger charge is 2.57. The number of aromatic nitrogens is 2. The van der Waals surface area contributed by atoms with Crippen molar-refractivity contribution in [3.8, 4) is 0 Å². The fourth-order valence-corrected chi connectivity index (χ4v) is 7.68. The Morgan fingerprint density at radius 3 is 2.90 bits per heavy atom. The smallest absolute Gasteiger partial charge is 0.156 e. The van der Waals surface area contributed by atoms with Crippen LogP contribution in [0.1, 0.15) is 58.3 Å². The number of carbonyl (C=O) groups is 1. The fourth-order valence-electron chi connectivity index (χ4n) is 7.68. The molecule has 3 saturated carbocycles. The fraction of sp³-hybridized carbons (Fsp3) is 0.750. The predicted octanol–water partition coefficient (Wildman–Crippen LogP) is 4.34. The highest BCUT2D eigenvalue weighted by Crippen LogP contribution is 2.63. The van der Waals surface area contributed by atoms with Gasteiger partial charge >= 0.3 is 0 Å². The van der Waals surface area contributed by atoms with E-state index < -0.39 is 12.3 Å². The zero-order valence-corrected chi connectivity index (χ0v) is 17.4. The predicted molar refractivity (Wildman–Crippen MR) is 109 cm³/mol. The zero-order chi connectivity index (χ0) is 20.2. The third-order valence-electron chi connectivity index (χ3n) is 9.13. The van der Waals surface area contributed by atoms with Crippen molar-refractivity contribution < 1.29 is 14.3 Å². The summed E-state index contributed by atoms with van der Waals surface area (Å²) >= 11 is 0. The minimum Gasteiger partial charge on any atom is -0.387 e. The van der Waals surface area contributed by atoms with Crippen molar-refractivity contribution >= 4 is 5.78 Å². The molecule has 1 unspecified atom stereocenters. The Hall–Kier alpha value is -1.49. The molecule has 0 spiro atoms. The topological polar surface area (TPSA) is 55.1 Å². The van der Waals surface area contributed by atoms with Gasteiger partial charge in [-0.15, -0.1) is 0 Å². The average Bonchev–Trinajstić information content (AvgIpc) is 3.34. The van der Waals surface area contributed by atoms with Crippen LogP contribution in [0.2, 0.25) is 0 Å². The first-order valence-electron chi connectivity index (χ1n) is 11.4. The summed E-state index contributed by atoms with van der Waals surface area (Å²) in [5, 5.41) is 10.4. The molecular weight excluding hydrogens is 367 g/mol. The van der Waals surface area contributed by atoms with Gasteiger partial charge in [0.25, 0.3) is 0 Å². The van der Waals surface area contributed by atoms with Gasteiger partial charge in [-0.1, -0.05) is 18.6 Å². The van der Waals surface area contributed by atoms with Crippen LogP contribution in [0.25, 0.3) is 0 Å². The Balaban J connectivity index is 1.34. The number of halogens is 1. The monoisotopic (exact) mass is 400 g/mol. The Morgan fingerprint density at radius 2 is 2.14 bits per heavy atom.